The van der Waals surface area contributed by atoms with Crippen molar-refractivity contribution in [2.45, 2.75) is 18.3 Å². The molecule has 2 nitrogen and oxygen atoms in total. The summed E-state index contributed by atoms with van der Waals surface area (Å²) in [5.74, 6) is 0. The van der Waals surface area contributed by atoms with Gasteiger partial charge in [-0.15, -0.1) is 0 Å². The van der Waals surface area contributed by atoms with Crippen LogP contribution in [0, 0.1) is 0 Å². The average Bonchev–Trinajstić information content (AvgIpc) is 3.86. The zero-order valence-corrected chi connectivity index (χ0v) is 37.2. The van der Waals surface area contributed by atoms with Crippen molar-refractivity contribution in [3.63, 3.8) is 0 Å². The lowest BCUT2D eigenvalue weighted by Gasteiger charge is -2.30. The van der Waals surface area contributed by atoms with Crippen LogP contribution in [0.1, 0.15) is 57.3 Å². The molecule has 0 bridgehead atoms. The third kappa shape index (κ3) is 7.15. The Morgan fingerprint density at radius 3 is 1.15 bits per heavy atom. The fourth-order valence-corrected chi connectivity index (χ4v) is 10.6. The van der Waals surface area contributed by atoms with Gasteiger partial charge < -0.3 is 9.80 Å². The van der Waals surface area contributed by atoms with Crippen molar-refractivity contribution in [1.82, 2.24) is 0 Å². The molecular weight excluding hydrogens is 809 g/mol. The van der Waals surface area contributed by atoms with Gasteiger partial charge in [0, 0.05) is 34.1 Å². The van der Waals surface area contributed by atoms with Crippen LogP contribution in [0.2, 0.25) is 0 Å². The summed E-state index contributed by atoms with van der Waals surface area (Å²) in [5.41, 5.74) is 21.7. The monoisotopic (exact) mass is 856 g/mol. The van der Waals surface area contributed by atoms with Gasteiger partial charge in [0.1, 0.15) is 0 Å². The first-order valence-corrected chi connectivity index (χ1v) is 23.4. The van der Waals surface area contributed by atoms with E-state index in [0.29, 0.717) is 0 Å². The normalized spacial score (nSPS) is 13.9. The maximum atomic E-state index is 2.45. The molecule has 0 aliphatic heterocycles. The van der Waals surface area contributed by atoms with E-state index in [4.69, 9.17) is 0 Å². The van der Waals surface area contributed by atoms with Gasteiger partial charge >= 0.3 is 0 Å². The molecule has 12 rings (SSSR count). The van der Waals surface area contributed by atoms with E-state index in [1.54, 1.807) is 0 Å². The first-order chi connectivity index (χ1) is 33.2. The third-order valence-electron chi connectivity index (χ3n) is 13.7. The molecule has 0 atom stereocenters. The summed E-state index contributed by atoms with van der Waals surface area (Å²) in [4.78, 5) is 4.65. The minimum Gasteiger partial charge on any atom is -0.311 e. The van der Waals surface area contributed by atoms with Crippen molar-refractivity contribution in [3.8, 4) is 22.3 Å². The van der Waals surface area contributed by atoms with E-state index in [2.05, 4.69) is 277 Å². The first kappa shape index (κ1) is 40.1. The molecule has 0 amide bonds. The topological polar surface area (TPSA) is 6.48 Å². The number of hydrogen-bond acceptors (Lipinski definition) is 2. The Labute approximate surface area is 394 Å². The van der Waals surface area contributed by atoms with Gasteiger partial charge in [0.25, 0.3) is 0 Å². The van der Waals surface area contributed by atoms with Crippen molar-refractivity contribution >= 4 is 52.7 Å². The second-order valence-electron chi connectivity index (χ2n) is 17.6. The van der Waals surface area contributed by atoms with Crippen LogP contribution < -0.4 is 9.80 Å². The molecule has 3 aliphatic carbocycles. The molecule has 0 fully saturated rings. The predicted octanol–water partition coefficient (Wildman–Crippen LogP) is 17.2. The Hall–Kier alpha value is -8.46. The highest BCUT2D eigenvalue weighted by atomic mass is 15.1. The van der Waals surface area contributed by atoms with E-state index in [9.17, 15) is 0 Å². The van der Waals surface area contributed by atoms with Gasteiger partial charge in [-0.1, -0.05) is 188 Å². The number of para-hydroxylation sites is 3. The summed E-state index contributed by atoms with van der Waals surface area (Å²) in [5, 5.41) is 0. The highest BCUT2D eigenvalue weighted by molar-refractivity contribution is 5.96. The van der Waals surface area contributed by atoms with Crippen LogP contribution in [0.15, 0.2) is 248 Å². The second-order valence-corrected chi connectivity index (χ2v) is 17.6. The average molecular weight is 857 g/mol. The van der Waals surface area contributed by atoms with Crippen LogP contribution in [0.5, 0.6) is 0 Å². The Morgan fingerprint density at radius 2 is 0.687 bits per heavy atom. The molecule has 9 aromatic carbocycles. The Kier molecular flexibility index (Phi) is 10.3. The second kappa shape index (κ2) is 17.2. The summed E-state index contributed by atoms with van der Waals surface area (Å²) < 4.78 is 0. The highest BCUT2D eigenvalue weighted by Crippen LogP contribution is 2.63. The SMILES string of the molecule is C1=CC(N(c2ccccc2)c2ccc(/C=C/c3ccc4c(c3)C3(c5ccccc5-c5ccccc53)c3cc(/C=C/c5ccc(N(c6ccccc6)c6ccccc6)cc5)ccc3-4)cc2)=CCC1. The summed E-state index contributed by atoms with van der Waals surface area (Å²) in [7, 11) is 0. The van der Waals surface area contributed by atoms with E-state index in [1.165, 1.54) is 61.3 Å². The summed E-state index contributed by atoms with van der Waals surface area (Å²) in [6, 6.07) is 81.9. The zero-order chi connectivity index (χ0) is 44.6. The summed E-state index contributed by atoms with van der Waals surface area (Å²) in [6.45, 7) is 0. The fraction of sp³-hybridized carbons (Fsp3) is 0.0462. The van der Waals surface area contributed by atoms with Gasteiger partial charge in [0.15, 0.2) is 0 Å². The van der Waals surface area contributed by atoms with Crippen molar-refractivity contribution < 1.29 is 0 Å². The van der Waals surface area contributed by atoms with Crippen LogP contribution >= 0.6 is 0 Å². The number of benzene rings is 9. The van der Waals surface area contributed by atoms with Gasteiger partial charge in [0.05, 0.1) is 5.41 Å². The van der Waals surface area contributed by atoms with Gasteiger partial charge in [0.2, 0.25) is 0 Å². The van der Waals surface area contributed by atoms with Crippen LogP contribution in [-0.2, 0) is 5.41 Å². The van der Waals surface area contributed by atoms with E-state index in [-0.39, 0.29) is 0 Å². The smallest absolute Gasteiger partial charge is 0.0725 e. The molecule has 0 saturated carbocycles. The molecular formula is C65H48N2. The molecule has 0 saturated heterocycles. The molecule has 2 heteroatoms. The van der Waals surface area contributed by atoms with E-state index in [0.717, 1.165) is 52.4 Å². The maximum Gasteiger partial charge on any atom is 0.0725 e. The minimum absolute atomic E-state index is 0.448. The predicted molar refractivity (Wildman–Crippen MR) is 283 cm³/mol. The van der Waals surface area contributed by atoms with Crippen molar-refractivity contribution in [2.24, 2.45) is 0 Å². The first-order valence-electron chi connectivity index (χ1n) is 23.4. The van der Waals surface area contributed by atoms with Gasteiger partial charge in [-0.3, -0.25) is 0 Å². The molecule has 1 spiro atoms. The number of fused-ring (bicyclic) bond motifs is 10. The van der Waals surface area contributed by atoms with Crippen LogP contribution in [0.25, 0.3) is 46.6 Å². The molecule has 0 N–H and O–H groups in total. The molecule has 0 aromatic heterocycles. The highest BCUT2D eigenvalue weighted by Gasteiger charge is 2.51. The fourth-order valence-electron chi connectivity index (χ4n) is 10.6. The lowest BCUT2D eigenvalue weighted by molar-refractivity contribution is 0.793. The largest absolute Gasteiger partial charge is 0.311 e. The van der Waals surface area contributed by atoms with E-state index >= 15 is 0 Å². The van der Waals surface area contributed by atoms with Crippen molar-refractivity contribution in [3.05, 3.63) is 293 Å². The minimum atomic E-state index is -0.448. The number of hydrogen-bond donors (Lipinski definition) is 0. The lowest BCUT2D eigenvalue weighted by atomic mass is 9.70. The van der Waals surface area contributed by atoms with Gasteiger partial charge in [-0.05, 0) is 158 Å². The van der Waals surface area contributed by atoms with Crippen LogP contribution in [0.4, 0.5) is 28.4 Å². The number of rotatable bonds is 10. The number of nitrogens with zero attached hydrogens (tertiary/aromatic N) is 2. The number of allylic oxidation sites excluding steroid dienone is 3. The van der Waals surface area contributed by atoms with Crippen LogP contribution in [-0.4, -0.2) is 0 Å². The lowest BCUT2D eigenvalue weighted by Crippen LogP contribution is -2.26. The molecule has 0 radical (unpaired) electrons. The van der Waals surface area contributed by atoms with Gasteiger partial charge in [-0.2, -0.15) is 0 Å². The van der Waals surface area contributed by atoms with Crippen molar-refractivity contribution in [1.29, 1.82) is 0 Å². The molecule has 3 aliphatic rings. The molecule has 0 unspecified atom stereocenters. The Balaban J connectivity index is 0.886. The van der Waals surface area contributed by atoms with Gasteiger partial charge in [-0.25, -0.2) is 0 Å². The van der Waals surface area contributed by atoms with Crippen LogP contribution in [0.3, 0.4) is 0 Å². The zero-order valence-electron chi connectivity index (χ0n) is 37.2. The Bertz CT molecular complexity index is 3290. The molecule has 9 aromatic rings. The van der Waals surface area contributed by atoms with E-state index in [1.807, 2.05) is 0 Å². The molecule has 67 heavy (non-hydrogen) atoms. The standard InChI is InChI=1S/C65H48N2/c1-5-17-51(18-6-1)66(52-19-7-2-8-20-52)55-39-33-47(34-40-55)29-31-49-37-43-59-60-44-38-50(46-64(60)65(63(59)45-49)61-27-15-13-25-57(61)58-26-14-16-28-62(58)65)32-30-48-35-41-56(42-36-48)67(53-21-9-3-10-22-53)54-23-11-4-12-24-54/h1-3,5-11,13-46H,4,12H2/b31-29+,32-30+. The summed E-state index contributed by atoms with van der Waals surface area (Å²) >= 11 is 0. The molecule has 0 heterocycles. The quantitative estimate of drug-likeness (QED) is 0.126. The number of anilines is 5. The van der Waals surface area contributed by atoms with E-state index < -0.39 is 5.41 Å². The van der Waals surface area contributed by atoms with Crippen molar-refractivity contribution in [2.75, 3.05) is 9.80 Å². The maximum absolute atomic E-state index is 2.45. The molecule has 318 valence electrons. The Morgan fingerprint density at radius 1 is 0.313 bits per heavy atom. The third-order valence-corrected chi connectivity index (χ3v) is 13.7. The summed E-state index contributed by atoms with van der Waals surface area (Å²) in [6.07, 6.45) is 18.0.